The third-order valence-corrected chi connectivity index (χ3v) is 2.86. The molecule has 0 heterocycles. The number of nitrogens with one attached hydrogen (secondary N) is 1. The van der Waals surface area contributed by atoms with Crippen molar-refractivity contribution in [2.75, 3.05) is 6.54 Å². The van der Waals surface area contributed by atoms with E-state index >= 15 is 0 Å². The maximum atomic E-state index is 5.67. The van der Waals surface area contributed by atoms with E-state index in [2.05, 4.69) is 5.32 Å². The largest absolute Gasteiger partial charge is 0.328 e. The fourth-order valence-corrected chi connectivity index (χ4v) is 1.73. The quantitative estimate of drug-likeness (QED) is 0.630. The van der Waals surface area contributed by atoms with Gasteiger partial charge in [0.05, 0.1) is 0 Å². The van der Waals surface area contributed by atoms with Gasteiger partial charge in [-0.25, -0.2) is 0 Å². The summed E-state index contributed by atoms with van der Waals surface area (Å²) < 4.78 is 0. The molecule has 2 heteroatoms. The van der Waals surface area contributed by atoms with Crippen molar-refractivity contribution >= 4 is 0 Å². The standard InChI is InChI=1S/C9H18N2/c10-8-5-9(6-8)11-4-3-7-1-2-7/h7-9,11H,1-6,10H2. The summed E-state index contributed by atoms with van der Waals surface area (Å²) in [5.74, 6) is 1.07. The molecular formula is C9H18N2. The van der Waals surface area contributed by atoms with Crippen molar-refractivity contribution in [3.63, 3.8) is 0 Å². The average Bonchev–Trinajstić information content (AvgIpc) is 2.67. The lowest BCUT2D eigenvalue weighted by Gasteiger charge is -2.33. The number of nitrogens with two attached hydrogens (primary N) is 1. The van der Waals surface area contributed by atoms with Crippen LogP contribution in [-0.2, 0) is 0 Å². The van der Waals surface area contributed by atoms with Crippen LogP contribution in [0.5, 0.6) is 0 Å². The number of rotatable bonds is 4. The molecule has 0 atom stereocenters. The summed E-state index contributed by atoms with van der Waals surface area (Å²) in [5, 5.41) is 3.54. The molecule has 0 spiro atoms. The minimum Gasteiger partial charge on any atom is -0.328 e. The van der Waals surface area contributed by atoms with Crippen LogP contribution in [0.4, 0.5) is 0 Å². The molecule has 64 valence electrons. The second-order valence-electron chi connectivity index (χ2n) is 4.11. The lowest BCUT2D eigenvalue weighted by molar-refractivity contribution is 0.290. The van der Waals surface area contributed by atoms with Crippen molar-refractivity contribution in [3.8, 4) is 0 Å². The Hall–Kier alpha value is -0.0800. The second-order valence-corrected chi connectivity index (χ2v) is 4.11. The summed E-state index contributed by atoms with van der Waals surface area (Å²) in [6.45, 7) is 1.22. The van der Waals surface area contributed by atoms with Crippen LogP contribution in [0.3, 0.4) is 0 Å². The van der Waals surface area contributed by atoms with Gasteiger partial charge in [-0.05, 0) is 31.7 Å². The van der Waals surface area contributed by atoms with Gasteiger partial charge in [-0.3, -0.25) is 0 Å². The second kappa shape index (κ2) is 3.11. The first kappa shape index (κ1) is 7.56. The van der Waals surface area contributed by atoms with Crippen molar-refractivity contribution in [2.24, 2.45) is 11.7 Å². The van der Waals surface area contributed by atoms with Crippen molar-refractivity contribution in [1.29, 1.82) is 0 Å². The zero-order valence-electron chi connectivity index (χ0n) is 7.05. The van der Waals surface area contributed by atoms with Crippen molar-refractivity contribution in [1.82, 2.24) is 5.32 Å². The van der Waals surface area contributed by atoms with Gasteiger partial charge in [0.25, 0.3) is 0 Å². The third-order valence-electron chi connectivity index (χ3n) is 2.86. The van der Waals surface area contributed by atoms with Crippen LogP contribution in [0.2, 0.25) is 0 Å². The first-order valence-electron chi connectivity index (χ1n) is 4.83. The Kier molecular flexibility index (Phi) is 2.14. The van der Waals surface area contributed by atoms with E-state index in [1.54, 1.807) is 0 Å². The highest BCUT2D eigenvalue weighted by atomic mass is 14.9. The summed E-state index contributed by atoms with van der Waals surface area (Å²) in [4.78, 5) is 0. The smallest absolute Gasteiger partial charge is 0.00965 e. The van der Waals surface area contributed by atoms with Gasteiger partial charge < -0.3 is 11.1 Å². The molecular weight excluding hydrogens is 136 g/mol. The highest BCUT2D eigenvalue weighted by Gasteiger charge is 2.26. The number of hydrogen-bond acceptors (Lipinski definition) is 2. The first-order valence-corrected chi connectivity index (χ1v) is 4.83. The summed E-state index contributed by atoms with van der Waals surface area (Å²) in [6.07, 6.45) is 6.75. The maximum Gasteiger partial charge on any atom is 0.00965 e. The van der Waals surface area contributed by atoms with Crippen LogP contribution >= 0.6 is 0 Å². The van der Waals surface area contributed by atoms with E-state index in [-0.39, 0.29) is 0 Å². The van der Waals surface area contributed by atoms with Gasteiger partial charge in [-0.2, -0.15) is 0 Å². The zero-order chi connectivity index (χ0) is 7.68. The fraction of sp³-hybridized carbons (Fsp3) is 1.00. The molecule has 2 nitrogen and oxygen atoms in total. The summed E-state index contributed by atoms with van der Waals surface area (Å²) in [6, 6.07) is 1.25. The molecule has 2 aliphatic rings. The average molecular weight is 154 g/mol. The van der Waals surface area contributed by atoms with Crippen LogP contribution < -0.4 is 11.1 Å². The Balaban J connectivity index is 1.47. The highest BCUT2D eigenvalue weighted by Crippen LogP contribution is 2.32. The molecule has 0 radical (unpaired) electrons. The van der Waals surface area contributed by atoms with Gasteiger partial charge in [-0.15, -0.1) is 0 Å². The first-order chi connectivity index (χ1) is 5.34. The summed E-state index contributed by atoms with van der Waals surface area (Å²) in [7, 11) is 0. The molecule has 0 amide bonds. The monoisotopic (exact) mass is 154 g/mol. The molecule has 0 aromatic carbocycles. The SMILES string of the molecule is NC1CC(NCCC2CC2)C1. The molecule has 2 aliphatic carbocycles. The van der Waals surface area contributed by atoms with Crippen molar-refractivity contribution < 1.29 is 0 Å². The molecule has 11 heavy (non-hydrogen) atoms. The van der Waals surface area contributed by atoms with Crippen LogP contribution in [-0.4, -0.2) is 18.6 Å². The Bertz CT molecular complexity index is 126. The Morgan fingerprint density at radius 1 is 1.27 bits per heavy atom. The normalized spacial score (nSPS) is 36.8. The molecule has 0 unspecified atom stereocenters. The van der Waals surface area contributed by atoms with Gasteiger partial charge in [0.2, 0.25) is 0 Å². The highest BCUT2D eigenvalue weighted by molar-refractivity contribution is 4.87. The topological polar surface area (TPSA) is 38.0 Å². The zero-order valence-corrected chi connectivity index (χ0v) is 7.05. The lowest BCUT2D eigenvalue weighted by atomic mass is 9.87. The van der Waals surface area contributed by atoms with E-state index in [0.717, 1.165) is 12.0 Å². The Labute approximate surface area is 68.5 Å². The van der Waals surface area contributed by atoms with E-state index < -0.39 is 0 Å². The van der Waals surface area contributed by atoms with E-state index in [9.17, 15) is 0 Å². The summed E-state index contributed by atoms with van der Waals surface area (Å²) in [5.41, 5.74) is 5.67. The molecule has 0 aromatic rings. The number of hydrogen-bond donors (Lipinski definition) is 2. The molecule has 2 fully saturated rings. The van der Waals surface area contributed by atoms with Gasteiger partial charge in [0.1, 0.15) is 0 Å². The van der Waals surface area contributed by atoms with Gasteiger partial charge in [-0.1, -0.05) is 12.8 Å². The predicted octanol–water partition coefficient (Wildman–Crippen LogP) is 0.866. The molecule has 2 rings (SSSR count). The third kappa shape index (κ3) is 2.17. The van der Waals surface area contributed by atoms with Gasteiger partial charge in [0, 0.05) is 12.1 Å². The van der Waals surface area contributed by atoms with Crippen molar-refractivity contribution in [2.45, 2.75) is 44.2 Å². The van der Waals surface area contributed by atoms with Gasteiger partial charge in [0.15, 0.2) is 0 Å². The van der Waals surface area contributed by atoms with Gasteiger partial charge >= 0.3 is 0 Å². The molecule has 0 bridgehead atoms. The van der Waals surface area contributed by atoms with Crippen LogP contribution in [0.15, 0.2) is 0 Å². The molecule has 2 saturated carbocycles. The molecule has 0 aliphatic heterocycles. The predicted molar refractivity (Wildman–Crippen MR) is 46.3 cm³/mol. The summed E-state index contributed by atoms with van der Waals surface area (Å²) >= 11 is 0. The minimum atomic E-state index is 0.494. The maximum absolute atomic E-state index is 5.67. The molecule has 3 N–H and O–H groups in total. The van der Waals surface area contributed by atoms with E-state index in [0.29, 0.717) is 6.04 Å². The molecule has 0 aromatic heterocycles. The van der Waals surface area contributed by atoms with E-state index in [1.165, 1.54) is 38.6 Å². The van der Waals surface area contributed by atoms with Crippen LogP contribution in [0, 0.1) is 5.92 Å². The van der Waals surface area contributed by atoms with Crippen LogP contribution in [0.25, 0.3) is 0 Å². The fourth-order valence-electron chi connectivity index (χ4n) is 1.73. The Morgan fingerprint density at radius 3 is 2.55 bits per heavy atom. The lowest BCUT2D eigenvalue weighted by Crippen LogP contribution is -2.48. The van der Waals surface area contributed by atoms with E-state index in [4.69, 9.17) is 5.73 Å². The Morgan fingerprint density at radius 2 is 2.00 bits per heavy atom. The van der Waals surface area contributed by atoms with E-state index in [1.807, 2.05) is 0 Å². The molecule has 0 saturated heterocycles. The minimum absolute atomic E-state index is 0.494. The van der Waals surface area contributed by atoms with Crippen molar-refractivity contribution in [3.05, 3.63) is 0 Å². The van der Waals surface area contributed by atoms with Crippen LogP contribution in [0.1, 0.15) is 32.1 Å².